The zero-order chi connectivity index (χ0) is 25.2. The molecule has 3 aliphatic rings. The van der Waals surface area contributed by atoms with Gasteiger partial charge in [-0.05, 0) is 47.7 Å². The van der Waals surface area contributed by atoms with Crippen LogP contribution < -0.4 is 19.5 Å². The van der Waals surface area contributed by atoms with E-state index in [1.165, 1.54) is 18.9 Å². The number of thioether (sulfide) groups is 1. The molecule has 0 saturated heterocycles. The third-order valence-corrected chi connectivity index (χ3v) is 6.99. The number of carbonyl (C=O) groups is 2. The molecule has 0 aromatic heterocycles. The fourth-order valence-corrected chi connectivity index (χ4v) is 5.29. The van der Waals surface area contributed by atoms with Gasteiger partial charge in [0, 0.05) is 12.2 Å². The number of hydrogen-bond donors (Lipinski definition) is 1. The van der Waals surface area contributed by atoms with Gasteiger partial charge in [-0.15, -0.1) is 0 Å². The Kier molecular flexibility index (Phi) is 6.60. The second kappa shape index (κ2) is 9.98. The maximum absolute atomic E-state index is 12.9. The molecule has 0 bridgehead atoms. The number of benzene rings is 2. The second-order valence-electron chi connectivity index (χ2n) is 8.30. The van der Waals surface area contributed by atoms with E-state index in [1.54, 1.807) is 14.0 Å². The number of amides is 1. The summed E-state index contributed by atoms with van der Waals surface area (Å²) in [6.45, 7) is 2.35. The van der Waals surface area contributed by atoms with Gasteiger partial charge in [-0.25, -0.2) is 9.79 Å². The molecule has 0 saturated carbocycles. The number of carbonyl (C=O) groups excluding carboxylic acids is 2. The molecule has 3 aliphatic heterocycles. The van der Waals surface area contributed by atoms with Gasteiger partial charge in [0.1, 0.15) is 5.75 Å². The van der Waals surface area contributed by atoms with Crippen LogP contribution in [0.25, 0.3) is 0 Å². The lowest BCUT2D eigenvalue weighted by Gasteiger charge is -2.36. The number of ether oxygens (including phenoxy) is 4. The molecule has 186 valence electrons. The van der Waals surface area contributed by atoms with E-state index in [4.69, 9.17) is 18.9 Å². The number of fused-ring (bicyclic) bond motifs is 2. The van der Waals surface area contributed by atoms with Crippen molar-refractivity contribution in [2.75, 3.05) is 21.0 Å². The minimum Gasteiger partial charge on any atom is -0.497 e. The van der Waals surface area contributed by atoms with E-state index in [0.29, 0.717) is 40.2 Å². The number of hydrogen-bond acceptors (Lipinski definition) is 9. The smallest absolute Gasteiger partial charge is 0.338 e. The first-order valence-electron chi connectivity index (χ1n) is 11.3. The molecule has 0 aliphatic carbocycles. The number of rotatable bonds is 7. The molecule has 10 heteroatoms. The second-order valence-corrected chi connectivity index (χ2v) is 9.14. The Balaban J connectivity index is 1.36. The Morgan fingerprint density at radius 2 is 1.92 bits per heavy atom. The molecule has 9 nitrogen and oxygen atoms in total. The maximum Gasteiger partial charge on any atom is 0.338 e. The highest BCUT2D eigenvalue weighted by molar-refractivity contribution is 8.16. The van der Waals surface area contributed by atoms with Crippen LogP contribution in [-0.2, 0) is 20.9 Å². The van der Waals surface area contributed by atoms with Crippen molar-refractivity contribution in [1.82, 2.24) is 10.2 Å². The first-order chi connectivity index (χ1) is 17.5. The van der Waals surface area contributed by atoms with Crippen LogP contribution in [0.15, 0.2) is 69.8 Å². The maximum atomic E-state index is 12.9. The summed E-state index contributed by atoms with van der Waals surface area (Å²) in [6, 6.07) is 12.6. The van der Waals surface area contributed by atoms with Crippen molar-refractivity contribution in [2.24, 2.45) is 4.99 Å². The highest BCUT2D eigenvalue weighted by Gasteiger charge is 2.41. The minimum absolute atomic E-state index is 0.122. The lowest BCUT2D eigenvalue weighted by atomic mass is 9.94. The van der Waals surface area contributed by atoms with Gasteiger partial charge in [-0.3, -0.25) is 4.79 Å². The average Bonchev–Trinajstić information content (AvgIpc) is 3.52. The summed E-state index contributed by atoms with van der Waals surface area (Å²) in [5, 5.41) is 5.58. The Hall–Kier alpha value is -3.92. The molecule has 2 aromatic rings. The summed E-state index contributed by atoms with van der Waals surface area (Å²) in [7, 11) is 2.95. The molecule has 2 aromatic carbocycles. The molecule has 0 fully saturated rings. The fraction of sp³-hybridized carbons (Fsp3) is 0.269. The average molecular weight is 508 g/mol. The van der Waals surface area contributed by atoms with E-state index in [-0.39, 0.29) is 19.1 Å². The van der Waals surface area contributed by atoms with E-state index in [1.807, 2.05) is 52.8 Å². The van der Waals surface area contributed by atoms with Crippen molar-refractivity contribution in [2.45, 2.75) is 25.9 Å². The minimum atomic E-state index is -0.487. The van der Waals surface area contributed by atoms with Gasteiger partial charge in [0.15, 0.2) is 16.7 Å². The molecule has 5 rings (SSSR count). The molecule has 3 heterocycles. The number of methoxy groups -OCH3 is 2. The summed E-state index contributed by atoms with van der Waals surface area (Å²) >= 11 is 1.43. The lowest BCUT2D eigenvalue weighted by Crippen LogP contribution is -2.37. The predicted octanol–water partition coefficient (Wildman–Crippen LogP) is 3.88. The fourth-order valence-electron chi connectivity index (χ4n) is 4.32. The van der Waals surface area contributed by atoms with Crippen LogP contribution in [-0.4, -0.2) is 43.0 Å². The number of nitrogens with one attached hydrogen (secondary N) is 1. The molecular weight excluding hydrogens is 482 g/mol. The Morgan fingerprint density at radius 3 is 2.67 bits per heavy atom. The van der Waals surface area contributed by atoms with Crippen molar-refractivity contribution < 1.29 is 28.5 Å². The molecule has 0 radical (unpaired) electrons. The molecular formula is C26H25N3O6S. The summed E-state index contributed by atoms with van der Waals surface area (Å²) in [6.07, 6.45) is 0.122. The van der Waals surface area contributed by atoms with E-state index in [2.05, 4.69) is 10.3 Å². The molecule has 1 N–H and O–H groups in total. The van der Waals surface area contributed by atoms with Crippen molar-refractivity contribution in [3.05, 3.63) is 76.0 Å². The van der Waals surface area contributed by atoms with E-state index in [0.717, 1.165) is 16.8 Å². The number of nitrogens with zero attached hydrogens (tertiary/aromatic N) is 2. The summed E-state index contributed by atoms with van der Waals surface area (Å²) in [5.74, 6) is 1.47. The number of amidine groups is 1. The summed E-state index contributed by atoms with van der Waals surface area (Å²) < 4.78 is 21.1. The van der Waals surface area contributed by atoms with Crippen LogP contribution in [0.2, 0.25) is 0 Å². The van der Waals surface area contributed by atoms with Gasteiger partial charge in [0.05, 0.1) is 38.0 Å². The SMILES string of the molecule is COC(=O)C1=C(C)N=C2SC=C(CC(=O)NCc3ccc4c(c3)OCO4)N2[C@@H]1c1ccc(OC)cc1. The van der Waals surface area contributed by atoms with Crippen molar-refractivity contribution >= 4 is 28.8 Å². The zero-order valence-corrected chi connectivity index (χ0v) is 20.9. The first-order valence-corrected chi connectivity index (χ1v) is 12.2. The van der Waals surface area contributed by atoms with Gasteiger partial charge in [0.2, 0.25) is 12.7 Å². The van der Waals surface area contributed by atoms with E-state index in [9.17, 15) is 9.59 Å². The van der Waals surface area contributed by atoms with Crippen LogP contribution in [0.5, 0.6) is 17.2 Å². The summed E-state index contributed by atoms with van der Waals surface area (Å²) in [5.41, 5.74) is 3.53. The number of allylic oxidation sites excluding steroid dienone is 1. The zero-order valence-electron chi connectivity index (χ0n) is 20.1. The van der Waals surface area contributed by atoms with Crippen molar-refractivity contribution in [1.29, 1.82) is 0 Å². The van der Waals surface area contributed by atoms with Gasteiger partial charge < -0.3 is 29.2 Å². The quantitative estimate of drug-likeness (QED) is 0.564. The molecule has 36 heavy (non-hydrogen) atoms. The normalized spacial score (nSPS) is 17.9. The third-order valence-electron chi connectivity index (χ3n) is 6.11. The largest absolute Gasteiger partial charge is 0.497 e. The predicted molar refractivity (Wildman–Crippen MR) is 134 cm³/mol. The van der Waals surface area contributed by atoms with Crippen molar-refractivity contribution in [3.63, 3.8) is 0 Å². The van der Waals surface area contributed by atoms with Gasteiger partial charge >= 0.3 is 5.97 Å². The highest BCUT2D eigenvalue weighted by atomic mass is 32.2. The number of esters is 1. The van der Waals surface area contributed by atoms with E-state index < -0.39 is 12.0 Å². The molecule has 0 spiro atoms. The lowest BCUT2D eigenvalue weighted by molar-refractivity contribution is -0.136. The first kappa shape index (κ1) is 23.8. The van der Waals surface area contributed by atoms with E-state index >= 15 is 0 Å². The van der Waals surface area contributed by atoms with Crippen molar-refractivity contribution in [3.8, 4) is 17.2 Å². The topological polar surface area (TPSA) is 98.7 Å². The molecule has 1 atom stereocenters. The monoisotopic (exact) mass is 507 g/mol. The van der Waals surface area contributed by atoms with Crippen LogP contribution in [0.3, 0.4) is 0 Å². The molecule has 1 amide bonds. The molecule has 0 unspecified atom stereocenters. The third kappa shape index (κ3) is 4.51. The Bertz CT molecular complexity index is 1300. The van der Waals surface area contributed by atoms with Gasteiger partial charge in [0.25, 0.3) is 0 Å². The van der Waals surface area contributed by atoms with Gasteiger partial charge in [-0.2, -0.15) is 0 Å². The van der Waals surface area contributed by atoms with Crippen LogP contribution >= 0.6 is 11.8 Å². The standard InChI is InChI=1S/C26H25N3O6S/c1-15-23(25(31)33-3)24(17-5-7-19(32-2)8-6-17)29-18(13-36-26(29)28-15)11-22(30)27-12-16-4-9-20-21(10-16)35-14-34-20/h4-10,13,24H,11-12,14H2,1-3H3,(H,27,30)/t24-/m1/s1. The van der Waals surface area contributed by atoms with Crippen LogP contribution in [0.1, 0.15) is 30.5 Å². The van der Waals surface area contributed by atoms with Crippen LogP contribution in [0.4, 0.5) is 0 Å². The summed E-state index contributed by atoms with van der Waals surface area (Å²) in [4.78, 5) is 32.3. The number of aliphatic imine (C=N–C) groups is 1. The Labute approximate surface area is 212 Å². The Morgan fingerprint density at radius 1 is 1.14 bits per heavy atom. The van der Waals surface area contributed by atoms with Gasteiger partial charge in [-0.1, -0.05) is 30.0 Å². The highest BCUT2D eigenvalue weighted by Crippen LogP contribution is 2.45. The van der Waals surface area contributed by atoms with Crippen LogP contribution in [0, 0.1) is 0 Å².